The summed E-state index contributed by atoms with van der Waals surface area (Å²) in [5.41, 5.74) is 3.91. The molecule has 0 radical (unpaired) electrons. The summed E-state index contributed by atoms with van der Waals surface area (Å²) in [6, 6.07) is 3.86. The average molecular weight is 233 g/mol. The van der Waals surface area contributed by atoms with Gasteiger partial charge in [0.1, 0.15) is 6.10 Å². The number of ketones is 1. The fourth-order valence-corrected chi connectivity index (χ4v) is 1.15. The fourth-order valence-electron chi connectivity index (χ4n) is 1.15. The lowest BCUT2D eigenvalue weighted by Crippen LogP contribution is -2.29. The Kier molecular flexibility index (Phi) is 3.66. The van der Waals surface area contributed by atoms with Crippen molar-refractivity contribution in [2.45, 2.75) is 12.3 Å². The van der Waals surface area contributed by atoms with Gasteiger partial charge in [0.25, 0.3) is 0 Å². The molecule has 88 valence electrons. The van der Waals surface area contributed by atoms with Gasteiger partial charge in [-0.2, -0.15) is 13.2 Å². The van der Waals surface area contributed by atoms with Crippen molar-refractivity contribution in [3.8, 4) is 0 Å². The number of halogens is 3. The van der Waals surface area contributed by atoms with Gasteiger partial charge in [0.2, 0.25) is 0 Å². The normalized spacial score (nSPS) is 13.6. The monoisotopic (exact) mass is 233 g/mol. The van der Waals surface area contributed by atoms with E-state index in [1.807, 2.05) is 0 Å². The van der Waals surface area contributed by atoms with Gasteiger partial charge in [0, 0.05) is 12.1 Å². The highest BCUT2D eigenvalue weighted by Gasteiger charge is 2.31. The molecule has 0 aliphatic carbocycles. The van der Waals surface area contributed by atoms with Gasteiger partial charge >= 0.3 is 6.18 Å². The van der Waals surface area contributed by atoms with Crippen LogP contribution < -0.4 is 5.73 Å². The number of aliphatic hydroxyl groups is 1. The predicted octanol–water partition coefficient (Wildman–Crippen LogP) is 1.21. The molecular formula is C10H10F3NO2. The summed E-state index contributed by atoms with van der Waals surface area (Å²) in [5, 5.41) is 9.12. The summed E-state index contributed by atoms with van der Waals surface area (Å²) in [5.74, 6) is -0.811. The molecule has 0 aliphatic rings. The van der Waals surface area contributed by atoms with Crippen LogP contribution in [0.25, 0.3) is 0 Å². The topological polar surface area (TPSA) is 63.3 Å². The van der Waals surface area contributed by atoms with E-state index in [2.05, 4.69) is 0 Å². The van der Waals surface area contributed by atoms with E-state index in [-0.39, 0.29) is 12.1 Å². The highest BCUT2D eigenvalue weighted by atomic mass is 19.4. The molecule has 0 fully saturated rings. The van der Waals surface area contributed by atoms with E-state index in [1.54, 1.807) is 0 Å². The maximum Gasteiger partial charge on any atom is 0.416 e. The summed E-state index contributed by atoms with van der Waals surface area (Å²) in [7, 11) is 0. The summed E-state index contributed by atoms with van der Waals surface area (Å²) in [6.07, 6.45) is -5.98. The van der Waals surface area contributed by atoms with Crippen LogP contribution in [0.4, 0.5) is 13.2 Å². The summed E-state index contributed by atoms with van der Waals surface area (Å²) < 4.78 is 36.9. The van der Waals surface area contributed by atoms with E-state index in [9.17, 15) is 18.0 Å². The van der Waals surface area contributed by atoms with Gasteiger partial charge < -0.3 is 10.8 Å². The third kappa shape index (κ3) is 2.80. The van der Waals surface area contributed by atoms with Crippen LogP contribution in [-0.4, -0.2) is 23.5 Å². The van der Waals surface area contributed by atoms with E-state index in [0.29, 0.717) is 6.07 Å². The molecule has 0 aliphatic heterocycles. The molecule has 0 saturated heterocycles. The molecule has 0 heterocycles. The van der Waals surface area contributed by atoms with Crippen molar-refractivity contribution in [2.75, 3.05) is 6.54 Å². The maximum absolute atomic E-state index is 12.3. The lowest BCUT2D eigenvalue weighted by Gasteiger charge is -2.10. The van der Waals surface area contributed by atoms with Gasteiger partial charge in [-0.1, -0.05) is 12.1 Å². The Bertz CT molecular complexity index is 390. The number of carbonyl (C=O) groups is 1. The molecule has 1 rings (SSSR count). The zero-order valence-corrected chi connectivity index (χ0v) is 8.16. The van der Waals surface area contributed by atoms with Gasteiger partial charge in [-0.15, -0.1) is 0 Å². The smallest absolute Gasteiger partial charge is 0.384 e. The Balaban J connectivity index is 3.04. The van der Waals surface area contributed by atoms with E-state index < -0.39 is 23.6 Å². The van der Waals surface area contributed by atoms with Crippen LogP contribution in [0, 0.1) is 0 Å². The van der Waals surface area contributed by atoms with Crippen LogP contribution in [-0.2, 0) is 6.18 Å². The van der Waals surface area contributed by atoms with Crippen molar-refractivity contribution in [3.05, 3.63) is 35.4 Å². The SMILES string of the molecule is NCC(O)C(=O)c1cccc(C(F)(F)F)c1. The molecule has 0 bridgehead atoms. The summed E-state index contributed by atoms with van der Waals surface area (Å²) >= 11 is 0. The van der Waals surface area contributed by atoms with Gasteiger partial charge in [-0.3, -0.25) is 4.79 Å². The minimum absolute atomic E-state index is 0.201. The lowest BCUT2D eigenvalue weighted by atomic mass is 10.0. The molecule has 3 N–H and O–H groups in total. The van der Waals surface area contributed by atoms with Gasteiger partial charge in [0.15, 0.2) is 5.78 Å². The van der Waals surface area contributed by atoms with Crippen LogP contribution >= 0.6 is 0 Å². The lowest BCUT2D eigenvalue weighted by molar-refractivity contribution is -0.137. The molecule has 1 aromatic carbocycles. The Morgan fingerprint density at radius 2 is 2.06 bits per heavy atom. The molecule has 0 spiro atoms. The zero-order valence-electron chi connectivity index (χ0n) is 8.16. The van der Waals surface area contributed by atoms with Crippen molar-refractivity contribution in [2.24, 2.45) is 5.73 Å². The number of rotatable bonds is 3. The molecule has 0 saturated carbocycles. The first-order valence-corrected chi connectivity index (χ1v) is 4.46. The highest BCUT2D eigenvalue weighted by molar-refractivity contribution is 5.99. The number of benzene rings is 1. The standard InChI is InChI=1S/C10H10F3NO2/c11-10(12,13)7-3-1-2-6(4-7)9(16)8(15)5-14/h1-4,8,15H,5,14H2. The zero-order chi connectivity index (χ0) is 12.3. The number of hydrogen-bond acceptors (Lipinski definition) is 3. The van der Waals surface area contributed by atoms with Crippen molar-refractivity contribution in [3.63, 3.8) is 0 Å². The van der Waals surface area contributed by atoms with Gasteiger partial charge in [-0.25, -0.2) is 0 Å². The number of carbonyl (C=O) groups excluding carboxylic acids is 1. The van der Waals surface area contributed by atoms with Gasteiger partial charge in [0.05, 0.1) is 5.56 Å². The molecular weight excluding hydrogens is 223 g/mol. The van der Waals surface area contributed by atoms with Crippen LogP contribution in [0.2, 0.25) is 0 Å². The summed E-state index contributed by atoms with van der Waals surface area (Å²) in [6.45, 7) is -0.324. The van der Waals surface area contributed by atoms with Crippen LogP contribution in [0.15, 0.2) is 24.3 Å². The van der Waals surface area contributed by atoms with E-state index >= 15 is 0 Å². The maximum atomic E-state index is 12.3. The number of Topliss-reactive ketones (excluding diaryl/α,β-unsaturated/α-hetero) is 1. The average Bonchev–Trinajstić information content (AvgIpc) is 2.26. The second-order valence-corrected chi connectivity index (χ2v) is 3.19. The first kappa shape index (κ1) is 12.7. The molecule has 6 heteroatoms. The number of alkyl halides is 3. The third-order valence-corrected chi connectivity index (χ3v) is 2.00. The van der Waals surface area contributed by atoms with Gasteiger partial charge in [-0.05, 0) is 12.1 Å². The first-order chi connectivity index (χ1) is 7.36. The van der Waals surface area contributed by atoms with Crippen LogP contribution in [0.3, 0.4) is 0 Å². The Hall–Kier alpha value is -1.40. The van der Waals surface area contributed by atoms with Crippen molar-refractivity contribution in [1.29, 1.82) is 0 Å². The van der Waals surface area contributed by atoms with Crippen molar-refractivity contribution < 1.29 is 23.1 Å². The molecule has 3 nitrogen and oxygen atoms in total. The highest BCUT2D eigenvalue weighted by Crippen LogP contribution is 2.29. The molecule has 1 unspecified atom stereocenters. The molecule has 16 heavy (non-hydrogen) atoms. The quantitative estimate of drug-likeness (QED) is 0.771. The number of aliphatic hydroxyl groups excluding tert-OH is 1. The predicted molar refractivity (Wildman–Crippen MR) is 50.8 cm³/mol. The first-order valence-electron chi connectivity index (χ1n) is 4.46. The second-order valence-electron chi connectivity index (χ2n) is 3.19. The summed E-state index contributed by atoms with van der Waals surface area (Å²) in [4.78, 5) is 11.4. The molecule has 1 atom stereocenters. The molecule has 1 aromatic rings. The third-order valence-electron chi connectivity index (χ3n) is 2.00. The Morgan fingerprint density at radius 3 is 2.56 bits per heavy atom. The Labute approximate surface area is 89.7 Å². The minimum atomic E-state index is -4.51. The number of hydrogen-bond donors (Lipinski definition) is 2. The second kappa shape index (κ2) is 4.63. The largest absolute Gasteiger partial charge is 0.416 e. The van der Waals surface area contributed by atoms with Crippen molar-refractivity contribution in [1.82, 2.24) is 0 Å². The fraction of sp³-hybridized carbons (Fsp3) is 0.300. The van der Waals surface area contributed by atoms with E-state index in [1.165, 1.54) is 6.07 Å². The Morgan fingerprint density at radius 1 is 1.44 bits per heavy atom. The minimum Gasteiger partial charge on any atom is -0.384 e. The van der Waals surface area contributed by atoms with Crippen LogP contribution in [0.5, 0.6) is 0 Å². The van der Waals surface area contributed by atoms with Crippen molar-refractivity contribution >= 4 is 5.78 Å². The van der Waals surface area contributed by atoms with Crippen LogP contribution in [0.1, 0.15) is 15.9 Å². The van der Waals surface area contributed by atoms with E-state index in [0.717, 1.165) is 12.1 Å². The molecule has 0 aromatic heterocycles. The van der Waals surface area contributed by atoms with E-state index in [4.69, 9.17) is 10.8 Å². The molecule has 0 amide bonds. The number of nitrogens with two attached hydrogens (primary N) is 1.